The Labute approximate surface area is 234 Å². The second-order valence-corrected chi connectivity index (χ2v) is 10.4. The maximum Gasteiger partial charge on any atom is 0.313 e. The van der Waals surface area contributed by atoms with E-state index in [0.29, 0.717) is 27.6 Å². The molecule has 0 bridgehead atoms. The average molecular weight is 607 g/mol. The van der Waals surface area contributed by atoms with Crippen molar-refractivity contribution in [2.24, 2.45) is 0 Å². The van der Waals surface area contributed by atoms with E-state index in [1.807, 2.05) is 19.9 Å². The van der Waals surface area contributed by atoms with Crippen LogP contribution < -0.4 is 10.1 Å². The van der Waals surface area contributed by atoms with Gasteiger partial charge in [0, 0.05) is 47.3 Å². The van der Waals surface area contributed by atoms with Crippen molar-refractivity contribution in [1.29, 1.82) is 0 Å². The van der Waals surface area contributed by atoms with Gasteiger partial charge in [-0.3, -0.25) is 14.4 Å². The third-order valence-electron chi connectivity index (χ3n) is 5.56. The summed E-state index contributed by atoms with van der Waals surface area (Å²) in [4.78, 5) is 41.2. The number of hydrogen-bond donors (Lipinski definition) is 1. The minimum atomic E-state index is -0.888. The van der Waals surface area contributed by atoms with Crippen LogP contribution in [-0.2, 0) is 16.1 Å². The quantitative estimate of drug-likeness (QED) is 0.306. The van der Waals surface area contributed by atoms with Crippen molar-refractivity contribution >= 4 is 62.5 Å². The molecule has 1 N–H and O–H groups in total. The molecule has 0 heterocycles. The van der Waals surface area contributed by atoms with Crippen LogP contribution in [0.2, 0.25) is 10.0 Å². The van der Waals surface area contributed by atoms with Gasteiger partial charge in [0.2, 0.25) is 0 Å². The van der Waals surface area contributed by atoms with E-state index < -0.39 is 11.8 Å². The van der Waals surface area contributed by atoms with Gasteiger partial charge in [0.15, 0.2) is 0 Å². The fourth-order valence-corrected chi connectivity index (χ4v) is 3.97. The zero-order chi connectivity index (χ0) is 27.3. The van der Waals surface area contributed by atoms with E-state index in [0.717, 1.165) is 4.47 Å². The van der Waals surface area contributed by atoms with Crippen LogP contribution in [-0.4, -0.2) is 47.7 Å². The van der Waals surface area contributed by atoms with Gasteiger partial charge in [0.1, 0.15) is 11.5 Å². The van der Waals surface area contributed by atoms with Crippen molar-refractivity contribution in [3.8, 4) is 11.5 Å². The van der Waals surface area contributed by atoms with Gasteiger partial charge in [-0.1, -0.05) is 51.3 Å². The first-order chi connectivity index (χ1) is 17.5. The van der Waals surface area contributed by atoms with Gasteiger partial charge >= 0.3 is 11.8 Å². The summed E-state index contributed by atoms with van der Waals surface area (Å²) in [6.07, 6.45) is 0. The molecule has 0 saturated carbocycles. The highest BCUT2D eigenvalue weighted by atomic mass is 79.9. The molecule has 194 valence electrons. The summed E-state index contributed by atoms with van der Waals surface area (Å²) in [5, 5.41) is 3.26. The summed E-state index contributed by atoms with van der Waals surface area (Å²) in [5.74, 6) is -0.872. The number of nitrogens with one attached hydrogen (secondary N) is 1. The molecule has 37 heavy (non-hydrogen) atoms. The molecule has 3 amide bonds. The number of carbonyl (C=O) groups is 3. The molecule has 0 aliphatic heterocycles. The maximum atomic E-state index is 12.9. The number of nitrogens with zero attached hydrogens (tertiary/aromatic N) is 2. The Hall–Kier alpha value is -3.07. The molecule has 3 aromatic carbocycles. The molecule has 3 aromatic rings. The van der Waals surface area contributed by atoms with Gasteiger partial charge in [0.25, 0.3) is 5.91 Å². The highest BCUT2D eigenvalue weighted by Crippen LogP contribution is 2.31. The maximum absolute atomic E-state index is 12.9. The molecule has 0 aromatic heterocycles. The van der Waals surface area contributed by atoms with E-state index in [-0.39, 0.29) is 29.2 Å². The predicted molar refractivity (Wildman–Crippen MR) is 149 cm³/mol. The number of rotatable bonds is 7. The second-order valence-electron chi connectivity index (χ2n) is 8.63. The molecule has 0 spiro atoms. The van der Waals surface area contributed by atoms with Crippen LogP contribution in [0.4, 0.5) is 5.69 Å². The molecule has 3 rings (SSSR count). The molecule has 10 heteroatoms. The van der Waals surface area contributed by atoms with Crippen molar-refractivity contribution < 1.29 is 19.1 Å². The smallest absolute Gasteiger partial charge is 0.313 e. The number of halogens is 3. The van der Waals surface area contributed by atoms with E-state index >= 15 is 0 Å². The van der Waals surface area contributed by atoms with Gasteiger partial charge in [-0.15, -0.1) is 0 Å². The summed E-state index contributed by atoms with van der Waals surface area (Å²) in [7, 11) is 3.19. The number of carbonyl (C=O) groups excluding carboxylic acids is 3. The molecule has 0 saturated heterocycles. The van der Waals surface area contributed by atoms with Crippen molar-refractivity contribution in [2.45, 2.75) is 26.4 Å². The molecule has 0 atom stereocenters. The summed E-state index contributed by atoms with van der Waals surface area (Å²) < 4.78 is 6.77. The molecule has 0 fully saturated rings. The summed E-state index contributed by atoms with van der Waals surface area (Å²) in [6.45, 7) is 3.88. The lowest BCUT2D eigenvalue weighted by molar-refractivity contribution is -0.142. The Bertz CT molecular complexity index is 1330. The summed E-state index contributed by atoms with van der Waals surface area (Å²) in [6, 6.07) is 16.9. The first kappa shape index (κ1) is 28.5. The normalized spacial score (nSPS) is 10.7. The Morgan fingerprint density at radius 2 is 1.73 bits per heavy atom. The van der Waals surface area contributed by atoms with E-state index in [2.05, 4.69) is 21.2 Å². The number of amides is 3. The first-order valence-corrected chi connectivity index (χ1v) is 12.9. The highest BCUT2D eigenvalue weighted by Gasteiger charge is 2.23. The second kappa shape index (κ2) is 12.4. The molecule has 0 aliphatic carbocycles. The lowest BCUT2D eigenvalue weighted by Gasteiger charge is -2.22. The minimum absolute atomic E-state index is 0.0113. The topological polar surface area (TPSA) is 79.0 Å². The van der Waals surface area contributed by atoms with Gasteiger partial charge < -0.3 is 19.9 Å². The van der Waals surface area contributed by atoms with Crippen LogP contribution >= 0.6 is 39.1 Å². The number of likely N-dealkylation sites (N-methyl/N-ethyl adjacent to an activating group) is 1. The van der Waals surface area contributed by atoms with Crippen LogP contribution in [0.25, 0.3) is 0 Å². The number of hydrogen-bond acceptors (Lipinski definition) is 4. The fourth-order valence-electron chi connectivity index (χ4n) is 3.28. The van der Waals surface area contributed by atoms with Gasteiger partial charge in [-0.25, -0.2) is 0 Å². The Kier molecular flexibility index (Phi) is 9.59. The predicted octanol–water partition coefficient (Wildman–Crippen LogP) is 6.63. The number of anilines is 1. The third-order valence-corrected chi connectivity index (χ3v) is 6.62. The van der Waals surface area contributed by atoms with Crippen molar-refractivity contribution in [3.63, 3.8) is 0 Å². The molecular formula is C27H26BrCl2N3O4. The Morgan fingerprint density at radius 3 is 2.41 bits per heavy atom. The van der Waals surface area contributed by atoms with Crippen LogP contribution in [0.15, 0.2) is 65.1 Å². The lowest BCUT2D eigenvalue weighted by atomic mass is 10.1. The summed E-state index contributed by atoms with van der Waals surface area (Å²) in [5.41, 5.74) is 1.19. The Balaban J connectivity index is 1.74. The van der Waals surface area contributed by atoms with Crippen molar-refractivity contribution in [1.82, 2.24) is 9.80 Å². The minimum Gasteiger partial charge on any atom is -0.457 e. The standard InChI is InChI=1S/C27H26BrCl2N3O4/c1-16(2)33(4)26(35)17-9-11-22(30)23(12-17)31-25(34)27(36)32(3)15-18-8-10-19(28)13-24(18)37-21-7-5-6-20(29)14-21/h5-14,16H,15H2,1-4H3,(H,31,34). The monoisotopic (exact) mass is 605 g/mol. The molecule has 7 nitrogen and oxygen atoms in total. The van der Waals surface area contributed by atoms with E-state index in [1.165, 1.54) is 24.1 Å². The molecule has 0 aliphatic rings. The number of benzene rings is 3. The molecule has 0 unspecified atom stereocenters. The number of ether oxygens (including phenoxy) is 1. The molecule has 0 radical (unpaired) electrons. The third kappa shape index (κ3) is 7.47. The van der Waals surface area contributed by atoms with Gasteiger partial charge in [-0.2, -0.15) is 0 Å². The summed E-state index contributed by atoms with van der Waals surface area (Å²) >= 11 is 15.7. The van der Waals surface area contributed by atoms with E-state index in [4.69, 9.17) is 27.9 Å². The Morgan fingerprint density at radius 1 is 1.00 bits per heavy atom. The zero-order valence-corrected chi connectivity index (χ0v) is 23.8. The van der Waals surface area contributed by atoms with E-state index in [1.54, 1.807) is 54.4 Å². The van der Waals surface area contributed by atoms with E-state index in [9.17, 15) is 14.4 Å². The van der Waals surface area contributed by atoms with Crippen molar-refractivity contribution in [3.05, 3.63) is 86.3 Å². The van der Waals surface area contributed by atoms with Crippen molar-refractivity contribution in [2.75, 3.05) is 19.4 Å². The average Bonchev–Trinajstić information content (AvgIpc) is 2.85. The van der Waals surface area contributed by atoms with Crippen LogP contribution in [0.3, 0.4) is 0 Å². The van der Waals surface area contributed by atoms with Crippen LogP contribution in [0.5, 0.6) is 11.5 Å². The molecular weight excluding hydrogens is 581 g/mol. The SMILES string of the molecule is CC(C)N(C)C(=O)c1ccc(Cl)c(NC(=O)C(=O)N(C)Cc2ccc(Br)cc2Oc2cccc(Cl)c2)c1. The van der Waals surface area contributed by atoms with Crippen LogP contribution in [0.1, 0.15) is 29.8 Å². The zero-order valence-electron chi connectivity index (χ0n) is 20.7. The van der Waals surface area contributed by atoms with Gasteiger partial charge in [0.05, 0.1) is 10.7 Å². The lowest BCUT2D eigenvalue weighted by Crippen LogP contribution is -2.37. The van der Waals surface area contributed by atoms with Gasteiger partial charge in [-0.05, 0) is 62.4 Å². The fraction of sp³-hybridized carbons (Fsp3) is 0.222. The van der Waals surface area contributed by atoms with Crippen LogP contribution in [0, 0.1) is 0 Å². The first-order valence-electron chi connectivity index (χ1n) is 11.3. The largest absolute Gasteiger partial charge is 0.457 e. The highest BCUT2D eigenvalue weighted by molar-refractivity contribution is 9.10.